The Balaban J connectivity index is 1.68. The van der Waals surface area contributed by atoms with Crippen molar-refractivity contribution in [2.75, 3.05) is 18.2 Å². The van der Waals surface area contributed by atoms with Crippen molar-refractivity contribution in [3.05, 3.63) is 23.8 Å². The van der Waals surface area contributed by atoms with Crippen LogP contribution in [-0.2, 0) is 6.54 Å². The Morgan fingerprint density at radius 3 is 2.93 bits per heavy atom. The van der Waals surface area contributed by atoms with Crippen LogP contribution in [0.5, 0.6) is 0 Å². The summed E-state index contributed by atoms with van der Waals surface area (Å²) in [7, 11) is 0. The van der Waals surface area contributed by atoms with Gasteiger partial charge in [0.05, 0.1) is 11.4 Å². The fourth-order valence-electron chi connectivity index (χ4n) is 2.41. The second-order valence-corrected chi connectivity index (χ2v) is 4.76. The van der Waals surface area contributed by atoms with Gasteiger partial charge in [-0.05, 0) is 36.6 Å². The summed E-state index contributed by atoms with van der Waals surface area (Å²) in [5, 5.41) is 10.5. The van der Waals surface area contributed by atoms with E-state index >= 15 is 0 Å². The molecule has 0 aliphatic carbocycles. The smallest absolute Gasteiger partial charge is 0.0958 e. The first-order chi connectivity index (χ1) is 7.24. The second-order valence-electron chi connectivity index (χ2n) is 4.76. The molecule has 0 radical (unpaired) electrons. The molecule has 3 nitrogen and oxygen atoms in total. The van der Waals surface area contributed by atoms with Crippen molar-refractivity contribution in [1.29, 1.82) is 0 Å². The third-order valence-electron chi connectivity index (χ3n) is 3.36. The number of nitrogens with zero attached hydrogens (tertiary/aromatic N) is 2. The van der Waals surface area contributed by atoms with E-state index in [1.54, 1.807) is 0 Å². The lowest BCUT2D eigenvalue weighted by Crippen LogP contribution is -2.19. The fourth-order valence-corrected chi connectivity index (χ4v) is 2.41. The Bertz CT molecular complexity index is 391. The summed E-state index contributed by atoms with van der Waals surface area (Å²) < 4.78 is 0. The first-order valence-electron chi connectivity index (χ1n) is 5.58. The van der Waals surface area contributed by atoms with Gasteiger partial charge in [0.2, 0.25) is 0 Å². The molecule has 2 heterocycles. The SMILES string of the molecule is CC1CCN(Cc2ccc3c(c2)N3O)C1. The summed E-state index contributed by atoms with van der Waals surface area (Å²) in [6, 6.07) is 6.18. The average molecular weight is 204 g/mol. The Morgan fingerprint density at radius 2 is 2.27 bits per heavy atom. The number of anilines is 2. The fraction of sp³-hybridized carbons (Fsp3) is 0.500. The summed E-state index contributed by atoms with van der Waals surface area (Å²) in [5.74, 6) is 0.836. The number of rotatable bonds is 2. The molecule has 1 fully saturated rings. The van der Waals surface area contributed by atoms with E-state index in [-0.39, 0.29) is 0 Å². The van der Waals surface area contributed by atoms with Crippen molar-refractivity contribution in [1.82, 2.24) is 4.90 Å². The first-order valence-corrected chi connectivity index (χ1v) is 5.58. The molecule has 1 N–H and O–H groups in total. The van der Waals surface area contributed by atoms with E-state index in [1.165, 1.54) is 30.1 Å². The maximum absolute atomic E-state index is 9.30. The van der Waals surface area contributed by atoms with Crippen molar-refractivity contribution in [2.45, 2.75) is 19.9 Å². The van der Waals surface area contributed by atoms with Crippen molar-refractivity contribution in [3.63, 3.8) is 0 Å². The van der Waals surface area contributed by atoms with Gasteiger partial charge >= 0.3 is 0 Å². The van der Waals surface area contributed by atoms with E-state index in [4.69, 9.17) is 0 Å². The number of hydrogen-bond donors (Lipinski definition) is 1. The van der Waals surface area contributed by atoms with E-state index in [0.717, 1.165) is 23.8 Å². The maximum atomic E-state index is 9.30. The van der Waals surface area contributed by atoms with Gasteiger partial charge in [-0.15, -0.1) is 0 Å². The van der Waals surface area contributed by atoms with Crippen LogP contribution in [0.2, 0.25) is 0 Å². The summed E-state index contributed by atoms with van der Waals surface area (Å²) in [6.45, 7) is 5.74. The van der Waals surface area contributed by atoms with Gasteiger partial charge in [-0.2, -0.15) is 0 Å². The molecule has 2 aliphatic heterocycles. The Labute approximate surface area is 89.9 Å². The van der Waals surface area contributed by atoms with E-state index in [1.807, 2.05) is 6.07 Å². The molecule has 1 saturated heterocycles. The van der Waals surface area contributed by atoms with Gasteiger partial charge in [-0.25, -0.2) is 5.06 Å². The molecule has 1 aromatic carbocycles. The molecule has 1 unspecified atom stereocenters. The molecule has 2 aliphatic rings. The normalized spacial score (nSPS) is 24.4. The highest BCUT2D eigenvalue weighted by Crippen LogP contribution is 2.46. The lowest BCUT2D eigenvalue weighted by molar-refractivity contribution is 0.320. The zero-order valence-corrected chi connectivity index (χ0v) is 8.98. The minimum Gasteiger partial charge on any atom is -0.299 e. The zero-order valence-electron chi connectivity index (χ0n) is 8.98. The number of benzene rings is 1. The van der Waals surface area contributed by atoms with Gasteiger partial charge in [0.1, 0.15) is 0 Å². The summed E-state index contributed by atoms with van der Waals surface area (Å²) in [5.41, 5.74) is 3.23. The minimum atomic E-state index is 0.836. The number of hydrogen-bond acceptors (Lipinski definition) is 3. The van der Waals surface area contributed by atoms with Crippen molar-refractivity contribution < 1.29 is 5.21 Å². The summed E-state index contributed by atoms with van der Waals surface area (Å²) in [6.07, 6.45) is 1.32. The van der Waals surface area contributed by atoms with Crippen LogP contribution in [0.15, 0.2) is 18.2 Å². The molecule has 0 spiro atoms. The van der Waals surface area contributed by atoms with Crippen LogP contribution in [0.25, 0.3) is 0 Å². The van der Waals surface area contributed by atoms with Crippen LogP contribution in [0.3, 0.4) is 0 Å². The van der Waals surface area contributed by atoms with Crippen molar-refractivity contribution in [2.24, 2.45) is 5.92 Å². The predicted octanol–water partition coefficient (Wildman–Crippen LogP) is 2.37. The highest BCUT2D eigenvalue weighted by atomic mass is 16.5. The summed E-state index contributed by atoms with van der Waals surface area (Å²) >= 11 is 0. The minimum absolute atomic E-state index is 0.836. The molecule has 1 aromatic rings. The van der Waals surface area contributed by atoms with Gasteiger partial charge in [0, 0.05) is 13.1 Å². The molecule has 3 heteroatoms. The molecule has 3 rings (SSSR count). The average Bonchev–Trinajstić information content (AvgIpc) is 2.67. The zero-order chi connectivity index (χ0) is 10.4. The lowest BCUT2D eigenvalue weighted by atomic mass is 10.2. The molecule has 0 amide bonds. The van der Waals surface area contributed by atoms with Gasteiger partial charge < -0.3 is 0 Å². The largest absolute Gasteiger partial charge is 0.299 e. The third kappa shape index (κ3) is 1.62. The standard InChI is InChI=1S/C12H16N2O/c1-9-4-5-13(7-9)8-10-2-3-11-12(6-10)14(11)15/h2-3,6,9,15H,4-5,7-8H2,1H3. The predicted molar refractivity (Wildman–Crippen MR) is 59.4 cm³/mol. The van der Waals surface area contributed by atoms with E-state index in [2.05, 4.69) is 24.0 Å². The topological polar surface area (TPSA) is 26.5 Å². The van der Waals surface area contributed by atoms with Gasteiger partial charge in [0.25, 0.3) is 0 Å². The Hall–Kier alpha value is -1.06. The van der Waals surface area contributed by atoms with Crippen LogP contribution in [-0.4, -0.2) is 23.2 Å². The van der Waals surface area contributed by atoms with Crippen molar-refractivity contribution >= 4 is 11.4 Å². The van der Waals surface area contributed by atoms with E-state index < -0.39 is 0 Å². The van der Waals surface area contributed by atoms with Crippen molar-refractivity contribution in [3.8, 4) is 0 Å². The highest BCUT2D eigenvalue weighted by Gasteiger charge is 2.27. The number of fused-ring (bicyclic) bond motifs is 1. The van der Waals surface area contributed by atoms with Crippen LogP contribution >= 0.6 is 0 Å². The van der Waals surface area contributed by atoms with Gasteiger partial charge in [0.15, 0.2) is 0 Å². The molecule has 0 aromatic heterocycles. The van der Waals surface area contributed by atoms with E-state index in [9.17, 15) is 5.21 Å². The Kier molecular flexibility index (Phi) is 1.97. The molecule has 15 heavy (non-hydrogen) atoms. The maximum Gasteiger partial charge on any atom is 0.0958 e. The Morgan fingerprint density at radius 1 is 1.40 bits per heavy atom. The van der Waals surface area contributed by atoms with Crippen LogP contribution in [0.4, 0.5) is 11.4 Å². The number of likely N-dealkylation sites (tertiary alicyclic amines) is 1. The van der Waals surface area contributed by atoms with Crippen LogP contribution < -0.4 is 5.06 Å². The molecular weight excluding hydrogens is 188 g/mol. The summed E-state index contributed by atoms with van der Waals surface area (Å²) in [4.78, 5) is 2.48. The monoisotopic (exact) mass is 204 g/mol. The molecule has 0 saturated carbocycles. The molecule has 0 bridgehead atoms. The molecule has 80 valence electrons. The van der Waals surface area contributed by atoms with Crippen LogP contribution in [0, 0.1) is 5.92 Å². The second kappa shape index (κ2) is 3.22. The molecule has 1 atom stereocenters. The third-order valence-corrected chi connectivity index (χ3v) is 3.36. The first kappa shape index (κ1) is 9.19. The molecular formula is C12H16N2O. The van der Waals surface area contributed by atoms with E-state index in [0.29, 0.717) is 0 Å². The van der Waals surface area contributed by atoms with Gasteiger partial charge in [-0.3, -0.25) is 10.1 Å². The quantitative estimate of drug-likeness (QED) is 0.749. The van der Waals surface area contributed by atoms with Gasteiger partial charge in [-0.1, -0.05) is 13.0 Å². The highest BCUT2D eigenvalue weighted by molar-refractivity contribution is 5.90. The lowest BCUT2D eigenvalue weighted by Gasteiger charge is -2.14. The van der Waals surface area contributed by atoms with Crippen LogP contribution in [0.1, 0.15) is 18.9 Å².